The SMILES string of the molecule is CC(=O)c1ccccc1C(=O)c1cc(F)cc(F)c1. The van der Waals surface area contributed by atoms with Crippen molar-refractivity contribution in [3.05, 3.63) is 70.8 Å². The van der Waals surface area contributed by atoms with Crippen molar-refractivity contribution >= 4 is 11.6 Å². The number of hydrogen-bond acceptors (Lipinski definition) is 2. The Morgan fingerprint density at radius 2 is 1.42 bits per heavy atom. The molecule has 0 N–H and O–H groups in total. The second-order valence-electron chi connectivity index (χ2n) is 4.09. The molecule has 2 nitrogen and oxygen atoms in total. The fourth-order valence-electron chi connectivity index (χ4n) is 1.83. The molecule has 0 bridgehead atoms. The van der Waals surface area contributed by atoms with E-state index in [0.29, 0.717) is 6.07 Å². The fourth-order valence-corrected chi connectivity index (χ4v) is 1.83. The maximum absolute atomic E-state index is 13.1. The highest BCUT2D eigenvalue weighted by atomic mass is 19.1. The molecular weight excluding hydrogens is 250 g/mol. The van der Waals surface area contributed by atoms with Gasteiger partial charge < -0.3 is 0 Å². The van der Waals surface area contributed by atoms with Crippen molar-refractivity contribution in [1.29, 1.82) is 0 Å². The van der Waals surface area contributed by atoms with Crippen LogP contribution >= 0.6 is 0 Å². The van der Waals surface area contributed by atoms with Crippen LogP contribution in [0.2, 0.25) is 0 Å². The van der Waals surface area contributed by atoms with Crippen LogP contribution < -0.4 is 0 Å². The minimum Gasteiger partial charge on any atom is -0.294 e. The van der Waals surface area contributed by atoms with Crippen LogP contribution in [0.15, 0.2) is 42.5 Å². The highest BCUT2D eigenvalue weighted by Gasteiger charge is 2.17. The lowest BCUT2D eigenvalue weighted by molar-refractivity contribution is 0.0990. The third kappa shape index (κ3) is 2.73. The van der Waals surface area contributed by atoms with Gasteiger partial charge in [0.2, 0.25) is 0 Å². The van der Waals surface area contributed by atoms with E-state index in [-0.39, 0.29) is 22.5 Å². The summed E-state index contributed by atoms with van der Waals surface area (Å²) in [4.78, 5) is 23.6. The second kappa shape index (κ2) is 5.10. The molecule has 0 spiro atoms. The van der Waals surface area contributed by atoms with Gasteiger partial charge >= 0.3 is 0 Å². The summed E-state index contributed by atoms with van der Waals surface area (Å²) in [5, 5.41) is 0. The third-order valence-corrected chi connectivity index (χ3v) is 2.68. The molecule has 19 heavy (non-hydrogen) atoms. The van der Waals surface area contributed by atoms with E-state index in [9.17, 15) is 18.4 Å². The van der Waals surface area contributed by atoms with Gasteiger partial charge in [0.1, 0.15) is 11.6 Å². The maximum atomic E-state index is 13.1. The number of carbonyl (C=O) groups is 2. The molecule has 0 aliphatic heterocycles. The molecule has 0 aliphatic carbocycles. The monoisotopic (exact) mass is 260 g/mol. The van der Waals surface area contributed by atoms with Gasteiger partial charge in [-0.3, -0.25) is 9.59 Å². The first-order valence-corrected chi connectivity index (χ1v) is 5.60. The molecule has 0 saturated carbocycles. The number of halogens is 2. The molecule has 0 fully saturated rings. The predicted molar refractivity (Wildman–Crippen MR) is 66.2 cm³/mol. The molecule has 0 radical (unpaired) electrons. The van der Waals surface area contributed by atoms with Gasteiger partial charge in [0.05, 0.1) is 0 Å². The molecule has 0 atom stereocenters. The molecule has 0 saturated heterocycles. The van der Waals surface area contributed by atoms with Crippen molar-refractivity contribution in [2.75, 3.05) is 0 Å². The summed E-state index contributed by atoms with van der Waals surface area (Å²) in [6.45, 7) is 1.33. The van der Waals surface area contributed by atoms with Gasteiger partial charge in [-0.2, -0.15) is 0 Å². The Kier molecular flexibility index (Phi) is 3.51. The first-order chi connectivity index (χ1) is 8.99. The van der Waals surface area contributed by atoms with E-state index in [1.807, 2.05) is 0 Å². The lowest BCUT2D eigenvalue weighted by Gasteiger charge is -2.06. The van der Waals surface area contributed by atoms with Gasteiger partial charge in [-0.15, -0.1) is 0 Å². The summed E-state index contributed by atoms with van der Waals surface area (Å²) in [5.41, 5.74) is 0.253. The van der Waals surface area contributed by atoms with Crippen molar-refractivity contribution in [3.63, 3.8) is 0 Å². The van der Waals surface area contributed by atoms with Crippen LogP contribution in [0.4, 0.5) is 8.78 Å². The Morgan fingerprint density at radius 3 is 1.95 bits per heavy atom. The third-order valence-electron chi connectivity index (χ3n) is 2.68. The van der Waals surface area contributed by atoms with E-state index in [2.05, 4.69) is 0 Å². The molecule has 4 heteroatoms. The van der Waals surface area contributed by atoms with Crippen molar-refractivity contribution in [2.45, 2.75) is 6.92 Å². The average molecular weight is 260 g/mol. The molecule has 2 aromatic carbocycles. The number of hydrogen-bond donors (Lipinski definition) is 0. The zero-order chi connectivity index (χ0) is 14.0. The predicted octanol–water partition coefficient (Wildman–Crippen LogP) is 3.40. The highest BCUT2D eigenvalue weighted by Crippen LogP contribution is 2.17. The fraction of sp³-hybridized carbons (Fsp3) is 0.0667. The number of carbonyl (C=O) groups excluding carboxylic acids is 2. The van der Waals surface area contributed by atoms with Crippen LogP contribution in [0.25, 0.3) is 0 Å². The largest absolute Gasteiger partial charge is 0.294 e. The van der Waals surface area contributed by atoms with E-state index in [4.69, 9.17) is 0 Å². The van der Waals surface area contributed by atoms with Gasteiger partial charge in [0, 0.05) is 22.8 Å². The summed E-state index contributed by atoms with van der Waals surface area (Å²) >= 11 is 0. The smallest absolute Gasteiger partial charge is 0.193 e. The van der Waals surface area contributed by atoms with Crippen LogP contribution in [0.3, 0.4) is 0 Å². The molecular formula is C15H10F2O2. The van der Waals surface area contributed by atoms with E-state index < -0.39 is 17.4 Å². The standard InChI is InChI=1S/C15H10F2O2/c1-9(18)13-4-2-3-5-14(13)15(19)10-6-11(16)8-12(17)7-10/h2-8H,1H3. The van der Waals surface area contributed by atoms with Gasteiger partial charge in [0.25, 0.3) is 0 Å². The topological polar surface area (TPSA) is 34.1 Å². The highest BCUT2D eigenvalue weighted by molar-refractivity contribution is 6.15. The van der Waals surface area contributed by atoms with E-state index >= 15 is 0 Å². The molecule has 0 heterocycles. The molecule has 0 unspecified atom stereocenters. The maximum Gasteiger partial charge on any atom is 0.193 e. The Hall–Kier alpha value is -2.36. The van der Waals surface area contributed by atoms with E-state index in [1.54, 1.807) is 12.1 Å². The van der Waals surface area contributed by atoms with Gasteiger partial charge in [-0.05, 0) is 19.1 Å². The zero-order valence-electron chi connectivity index (χ0n) is 10.1. The number of Topliss-reactive ketones (excluding diaryl/α,β-unsaturated/α-hetero) is 1. The van der Waals surface area contributed by atoms with Gasteiger partial charge in [0.15, 0.2) is 11.6 Å². The molecule has 0 amide bonds. The summed E-state index contributed by atoms with van der Waals surface area (Å²) in [5.74, 6) is -2.52. The first kappa shape index (κ1) is 13.1. The minimum absolute atomic E-state index is 0.119. The van der Waals surface area contributed by atoms with Crippen LogP contribution in [0.1, 0.15) is 33.2 Å². The average Bonchev–Trinajstić information content (AvgIpc) is 2.36. The molecule has 2 rings (SSSR count). The lowest BCUT2D eigenvalue weighted by atomic mass is 9.96. The Morgan fingerprint density at radius 1 is 0.895 bits per heavy atom. The van der Waals surface area contributed by atoms with Crippen LogP contribution in [0, 0.1) is 11.6 Å². The first-order valence-electron chi connectivity index (χ1n) is 5.60. The molecule has 0 aliphatic rings. The molecule has 96 valence electrons. The summed E-state index contributed by atoms with van der Waals surface area (Å²) in [7, 11) is 0. The summed E-state index contributed by atoms with van der Waals surface area (Å²) < 4.78 is 26.2. The van der Waals surface area contributed by atoms with Crippen molar-refractivity contribution < 1.29 is 18.4 Å². The van der Waals surface area contributed by atoms with Crippen LogP contribution in [-0.2, 0) is 0 Å². The number of benzene rings is 2. The zero-order valence-corrected chi connectivity index (χ0v) is 10.1. The molecule has 0 aromatic heterocycles. The van der Waals surface area contributed by atoms with Crippen molar-refractivity contribution in [2.24, 2.45) is 0 Å². The minimum atomic E-state index is -0.830. The Balaban J connectivity index is 2.53. The van der Waals surface area contributed by atoms with Crippen molar-refractivity contribution in [1.82, 2.24) is 0 Å². The van der Waals surface area contributed by atoms with Gasteiger partial charge in [-0.1, -0.05) is 24.3 Å². The number of ketones is 2. The van der Waals surface area contributed by atoms with E-state index in [0.717, 1.165) is 12.1 Å². The summed E-state index contributed by atoms with van der Waals surface area (Å²) in [6.07, 6.45) is 0. The Bertz CT molecular complexity index is 643. The van der Waals surface area contributed by atoms with Crippen LogP contribution in [-0.4, -0.2) is 11.6 Å². The molecule has 2 aromatic rings. The Labute approximate surface area is 108 Å². The summed E-state index contributed by atoms with van der Waals surface area (Å²) in [6, 6.07) is 8.76. The van der Waals surface area contributed by atoms with E-state index in [1.165, 1.54) is 19.1 Å². The van der Waals surface area contributed by atoms with Gasteiger partial charge in [-0.25, -0.2) is 8.78 Å². The second-order valence-corrected chi connectivity index (χ2v) is 4.09. The lowest BCUT2D eigenvalue weighted by Crippen LogP contribution is -2.08. The van der Waals surface area contributed by atoms with Crippen molar-refractivity contribution in [3.8, 4) is 0 Å². The quantitative estimate of drug-likeness (QED) is 0.792. The number of rotatable bonds is 3. The van der Waals surface area contributed by atoms with Crippen LogP contribution in [0.5, 0.6) is 0 Å². The normalized spacial score (nSPS) is 10.3.